The average molecular weight is 235 g/mol. The number of carboxylic acids is 1. The standard InChI is InChI=1S/C11H9NO3S/c1-6-2-10(16-5-6)8-3-7(11(14)15)9(13)4-12-8/h2-5,13H,1H3,(H,14,15). The first-order chi connectivity index (χ1) is 7.58. The van der Waals surface area contributed by atoms with Gasteiger partial charge in [0.15, 0.2) is 0 Å². The van der Waals surface area contributed by atoms with Crippen LogP contribution in [0.4, 0.5) is 0 Å². The van der Waals surface area contributed by atoms with E-state index in [0.29, 0.717) is 5.69 Å². The van der Waals surface area contributed by atoms with Gasteiger partial charge < -0.3 is 10.2 Å². The van der Waals surface area contributed by atoms with Crippen molar-refractivity contribution in [3.8, 4) is 16.3 Å². The second kappa shape index (κ2) is 3.94. The Balaban J connectivity index is 2.51. The average Bonchev–Trinajstić information content (AvgIpc) is 2.65. The third kappa shape index (κ3) is 1.90. The Morgan fingerprint density at radius 1 is 1.44 bits per heavy atom. The van der Waals surface area contributed by atoms with Crippen LogP contribution in [0, 0.1) is 6.92 Å². The third-order valence-corrected chi connectivity index (χ3v) is 3.17. The summed E-state index contributed by atoms with van der Waals surface area (Å²) in [7, 11) is 0. The van der Waals surface area contributed by atoms with Crippen LogP contribution in [0.1, 0.15) is 15.9 Å². The Bertz CT molecular complexity index is 548. The van der Waals surface area contributed by atoms with Crippen LogP contribution in [-0.4, -0.2) is 21.2 Å². The molecule has 0 unspecified atom stereocenters. The molecule has 2 aromatic rings. The Labute approximate surface area is 95.8 Å². The molecule has 0 bridgehead atoms. The van der Waals surface area contributed by atoms with Crippen molar-refractivity contribution in [2.24, 2.45) is 0 Å². The fourth-order valence-corrected chi connectivity index (χ4v) is 2.19. The zero-order chi connectivity index (χ0) is 11.7. The van der Waals surface area contributed by atoms with Crippen molar-refractivity contribution in [3.63, 3.8) is 0 Å². The molecular formula is C11H9NO3S. The first kappa shape index (κ1) is 10.6. The summed E-state index contributed by atoms with van der Waals surface area (Å²) in [5, 5.41) is 20.1. The number of rotatable bonds is 2. The molecule has 0 amide bonds. The Morgan fingerprint density at radius 2 is 2.19 bits per heavy atom. The van der Waals surface area contributed by atoms with Crippen LogP contribution < -0.4 is 0 Å². The molecule has 0 aliphatic rings. The summed E-state index contributed by atoms with van der Waals surface area (Å²) in [4.78, 5) is 15.7. The minimum absolute atomic E-state index is 0.129. The van der Waals surface area contributed by atoms with E-state index in [-0.39, 0.29) is 11.3 Å². The van der Waals surface area contributed by atoms with E-state index >= 15 is 0 Å². The number of pyridine rings is 1. The maximum Gasteiger partial charge on any atom is 0.339 e. The number of nitrogens with zero attached hydrogens (tertiary/aromatic N) is 1. The number of aromatic nitrogens is 1. The molecular weight excluding hydrogens is 226 g/mol. The molecule has 0 aromatic carbocycles. The molecule has 2 rings (SSSR count). The van der Waals surface area contributed by atoms with E-state index in [1.807, 2.05) is 18.4 Å². The fourth-order valence-electron chi connectivity index (χ4n) is 1.32. The number of carboxylic acid groups (broad SMARTS) is 1. The molecule has 0 atom stereocenters. The van der Waals surface area contributed by atoms with Crippen LogP contribution in [0.5, 0.6) is 5.75 Å². The molecule has 0 spiro atoms. The van der Waals surface area contributed by atoms with Gasteiger partial charge in [-0.3, -0.25) is 4.98 Å². The van der Waals surface area contributed by atoms with Crippen molar-refractivity contribution in [1.29, 1.82) is 0 Å². The highest BCUT2D eigenvalue weighted by molar-refractivity contribution is 7.13. The number of aryl methyl sites for hydroxylation is 1. The van der Waals surface area contributed by atoms with E-state index in [4.69, 9.17) is 5.11 Å². The van der Waals surface area contributed by atoms with Gasteiger partial charge in [-0.2, -0.15) is 0 Å². The summed E-state index contributed by atoms with van der Waals surface area (Å²) >= 11 is 1.49. The van der Waals surface area contributed by atoms with Crippen LogP contribution in [0.3, 0.4) is 0 Å². The number of thiophene rings is 1. The topological polar surface area (TPSA) is 70.4 Å². The molecule has 0 radical (unpaired) electrons. The van der Waals surface area contributed by atoms with Crippen molar-refractivity contribution >= 4 is 17.3 Å². The van der Waals surface area contributed by atoms with Crippen molar-refractivity contribution in [2.75, 3.05) is 0 Å². The minimum Gasteiger partial charge on any atom is -0.505 e. The molecule has 2 aromatic heterocycles. The summed E-state index contributed by atoms with van der Waals surface area (Å²) in [6.45, 7) is 1.96. The highest BCUT2D eigenvalue weighted by Crippen LogP contribution is 2.28. The minimum atomic E-state index is -1.16. The summed E-state index contributed by atoms with van der Waals surface area (Å²) in [5.74, 6) is -1.47. The molecule has 82 valence electrons. The largest absolute Gasteiger partial charge is 0.505 e. The molecule has 5 heteroatoms. The second-order valence-electron chi connectivity index (χ2n) is 3.38. The van der Waals surface area contributed by atoms with Gasteiger partial charge in [-0.15, -0.1) is 11.3 Å². The maximum atomic E-state index is 10.8. The van der Waals surface area contributed by atoms with Gasteiger partial charge in [0.05, 0.1) is 16.8 Å². The van der Waals surface area contributed by atoms with Gasteiger partial charge >= 0.3 is 5.97 Å². The first-order valence-electron chi connectivity index (χ1n) is 4.56. The first-order valence-corrected chi connectivity index (χ1v) is 5.43. The quantitative estimate of drug-likeness (QED) is 0.839. The predicted octanol–water partition coefficient (Wildman–Crippen LogP) is 2.52. The lowest BCUT2D eigenvalue weighted by molar-refractivity contribution is 0.0693. The fraction of sp³-hybridized carbons (Fsp3) is 0.0909. The van der Waals surface area contributed by atoms with Gasteiger partial charge in [-0.05, 0) is 30.0 Å². The van der Waals surface area contributed by atoms with E-state index in [2.05, 4.69) is 4.98 Å². The Kier molecular flexibility index (Phi) is 2.62. The van der Waals surface area contributed by atoms with E-state index in [0.717, 1.165) is 16.6 Å². The number of aromatic carboxylic acids is 1. The van der Waals surface area contributed by atoms with Gasteiger partial charge in [0.2, 0.25) is 0 Å². The number of aromatic hydroxyl groups is 1. The van der Waals surface area contributed by atoms with E-state index in [1.54, 1.807) is 0 Å². The number of hydrogen-bond acceptors (Lipinski definition) is 4. The summed E-state index contributed by atoms with van der Waals surface area (Å²) in [6, 6.07) is 3.30. The van der Waals surface area contributed by atoms with Gasteiger partial charge in [0.25, 0.3) is 0 Å². The SMILES string of the molecule is Cc1csc(-c2cc(C(=O)O)c(O)cn2)c1. The van der Waals surface area contributed by atoms with Gasteiger partial charge in [0.1, 0.15) is 11.3 Å². The molecule has 2 N–H and O–H groups in total. The second-order valence-corrected chi connectivity index (χ2v) is 4.29. The normalized spacial score (nSPS) is 10.3. The van der Waals surface area contributed by atoms with E-state index < -0.39 is 5.97 Å². The molecule has 0 aliphatic carbocycles. The molecule has 0 fully saturated rings. The third-order valence-electron chi connectivity index (χ3n) is 2.10. The molecule has 0 aliphatic heterocycles. The predicted molar refractivity (Wildman–Crippen MR) is 60.9 cm³/mol. The van der Waals surface area contributed by atoms with Crippen LogP contribution >= 0.6 is 11.3 Å². The highest BCUT2D eigenvalue weighted by atomic mass is 32.1. The van der Waals surface area contributed by atoms with Crippen molar-refractivity contribution in [1.82, 2.24) is 4.98 Å². The van der Waals surface area contributed by atoms with Crippen LogP contribution in [0.2, 0.25) is 0 Å². The van der Waals surface area contributed by atoms with Gasteiger partial charge in [0, 0.05) is 0 Å². The van der Waals surface area contributed by atoms with E-state index in [1.165, 1.54) is 17.4 Å². The van der Waals surface area contributed by atoms with Crippen molar-refractivity contribution in [2.45, 2.75) is 6.92 Å². The number of carbonyl (C=O) groups is 1. The lowest BCUT2D eigenvalue weighted by atomic mass is 10.2. The summed E-state index contributed by atoms with van der Waals surface area (Å²) in [5.41, 5.74) is 1.54. The van der Waals surface area contributed by atoms with Gasteiger partial charge in [-0.25, -0.2) is 4.79 Å². The van der Waals surface area contributed by atoms with Crippen LogP contribution in [0.15, 0.2) is 23.7 Å². The maximum absolute atomic E-state index is 10.8. The molecule has 0 saturated carbocycles. The Morgan fingerprint density at radius 3 is 2.75 bits per heavy atom. The number of hydrogen-bond donors (Lipinski definition) is 2. The molecule has 2 heterocycles. The van der Waals surface area contributed by atoms with Crippen molar-refractivity contribution in [3.05, 3.63) is 34.8 Å². The lowest BCUT2D eigenvalue weighted by Gasteiger charge is -2.01. The molecule has 4 nitrogen and oxygen atoms in total. The zero-order valence-electron chi connectivity index (χ0n) is 8.47. The highest BCUT2D eigenvalue weighted by Gasteiger charge is 2.12. The van der Waals surface area contributed by atoms with Crippen LogP contribution in [0.25, 0.3) is 10.6 Å². The monoisotopic (exact) mass is 235 g/mol. The molecule has 16 heavy (non-hydrogen) atoms. The van der Waals surface area contributed by atoms with Crippen LogP contribution in [-0.2, 0) is 0 Å². The lowest BCUT2D eigenvalue weighted by Crippen LogP contribution is -1.98. The summed E-state index contributed by atoms with van der Waals surface area (Å²) in [6.07, 6.45) is 1.16. The summed E-state index contributed by atoms with van der Waals surface area (Å²) < 4.78 is 0. The zero-order valence-corrected chi connectivity index (χ0v) is 9.28. The molecule has 0 saturated heterocycles. The smallest absolute Gasteiger partial charge is 0.339 e. The Hall–Kier alpha value is -1.88. The van der Waals surface area contributed by atoms with Gasteiger partial charge in [-0.1, -0.05) is 0 Å². The van der Waals surface area contributed by atoms with Crippen molar-refractivity contribution < 1.29 is 15.0 Å². The van der Waals surface area contributed by atoms with E-state index in [9.17, 15) is 9.90 Å².